The number of H-pyrrole nitrogens is 1. The minimum absolute atomic E-state index is 0.0853. The Kier molecular flexibility index (Phi) is 4.40. The first-order valence-corrected chi connectivity index (χ1v) is 7.75. The highest BCUT2D eigenvalue weighted by Crippen LogP contribution is 2.29. The maximum absolute atomic E-state index is 12.0. The van der Waals surface area contributed by atoms with Crippen LogP contribution >= 0.6 is 22.9 Å². The minimum atomic E-state index is -0.457. The number of carbonyl (C=O) groups is 1. The van der Waals surface area contributed by atoms with Crippen LogP contribution in [0, 0.1) is 0 Å². The monoisotopic (exact) mass is 346 g/mol. The van der Waals surface area contributed by atoms with Gasteiger partial charge in [0.05, 0.1) is 21.1 Å². The Bertz CT molecular complexity index is 872. The molecule has 0 aliphatic carbocycles. The molecule has 1 aromatic carbocycles. The van der Waals surface area contributed by atoms with Crippen molar-refractivity contribution in [1.82, 2.24) is 15.6 Å². The van der Waals surface area contributed by atoms with Crippen LogP contribution in [-0.4, -0.2) is 27.4 Å². The van der Waals surface area contributed by atoms with E-state index in [0.717, 1.165) is 4.88 Å². The number of aromatic hydroxyl groups is 1. The van der Waals surface area contributed by atoms with Gasteiger partial charge in [-0.25, -0.2) is 5.43 Å². The van der Waals surface area contributed by atoms with E-state index in [1.54, 1.807) is 30.3 Å². The number of benzene rings is 1. The number of halogens is 1. The maximum atomic E-state index is 12.0. The SMILES string of the molecule is O=C(N/N=C\c1ccccc1O)c1cc(-c2ccc(Cl)s2)[nH]n1. The average Bonchev–Trinajstić information content (AvgIpc) is 3.18. The molecule has 0 fully saturated rings. The van der Waals surface area contributed by atoms with Crippen LogP contribution in [-0.2, 0) is 0 Å². The fourth-order valence-corrected chi connectivity index (χ4v) is 2.85. The lowest BCUT2D eigenvalue weighted by atomic mass is 10.2. The molecule has 23 heavy (non-hydrogen) atoms. The molecule has 0 radical (unpaired) electrons. The number of carbonyl (C=O) groups excluding carboxylic acids is 1. The Hall–Kier alpha value is -2.64. The minimum Gasteiger partial charge on any atom is -0.507 e. The van der Waals surface area contributed by atoms with Crippen LogP contribution < -0.4 is 5.43 Å². The Morgan fingerprint density at radius 1 is 1.35 bits per heavy atom. The van der Waals surface area contributed by atoms with Crippen LogP contribution in [0.3, 0.4) is 0 Å². The number of aromatic amines is 1. The molecular weight excluding hydrogens is 336 g/mol. The predicted molar refractivity (Wildman–Crippen MR) is 90.1 cm³/mol. The van der Waals surface area contributed by atoms with Crippen LogP contribution in [0.4, 0.5) is 0 Å². The summed E-state index contributed by atoms with van der Waals surface area (Å²) >= 11 is 7.27. The number of nitrogens with zero attached hydrogens (tertiary/aromatic N) is 2. The summed E-state index contributed by atoms with van der Waals surface area (Å²) in [6, 6.07) is 11.9. The van der Waals surface area contributed by atoms with Crippen LogP contribution in [0.1, 0.15) is 16.1 Å². The summed E-state index contributed by atoms with van der Waals surface area (Å²) in [6.45, 7) is 0. The Morgan fingerprint density at radius 2 is 2.17 bits per heavy atom. The fourth-order valence-electron chi connectivity index (χ4n) is 1.84. The number of hydrogen-bond acceptors (Lipinski definition) is 5. The van der Waals surface area contributed by atoms with E-state index in [4.69, 9.17) is 11.6 Å². The van der Waals surface area contributed by atoms with Crippen molar-refractivity contribution >= 4 is 35.1 Å². The van der Waals surface area contributed by atoms with Gasteiger partial charge in [-0.1, -0.05) is 23.7 Å². The summed E-state index contributed by atoms with van der Waals surface area (Å²) < 4.78 is 0.660. The number of aromatic nitrogens is 2. The van der Waals surface area contributed by atoms with Gasteiger partial charge in [-0.2, -0.15) is 10.2 Å². The highest BCUT2D eigenvalue weighted by atomic mass is 35.5. The number of amides is 1. The molecule has 0 atom stereocenters. The quantitative estimate of drug-likeness (QED) is 0.500. The molecule has 0 bridgehead atoms. The zero-order chi connectivity index (χ0) is 16.2. The van der Waals surface area contributed by atoms with Crippen molar-refractivity contribution in [2.24, 2.45) is 5.10 Å². The number of thiophene rings is 1. The van der Waals surface area contributed by atoms with Crippen LogP contribution in [0.2, 0.25) is 4.34 Å². The van der Waals surface area contributed by atoms with Crippen molar-refractivity contribution in [3.8, 4) is 16.3 Å². The summed E-state index contributed by atoms with van der Waals surface area (Å²) in [5.74, 6) is -0.371. The van der Waals surface area contributed by atoms with Gasteiger partial charge in [0.25, 0.3) is 5.91 Å². The first kappa shape index (κ1) is 15.3. The lowest BCUT2D eigenvalue weighted by Crippen LogP contribution is -2.18. The van der Waals surface area contributed by atoms with E-state index in [0.29, 0.717) is 15.6 Å². The van der Waals surface area contributed by atoms with Crippen LogP contribution in [0.25, 0.3) is 10.6 Å². The molecule has 2 aromatic heterocycles. The van der Waals surface area contributed by atoms with Gasteiger partial charge in [0.1, 0.15) is 5.75 Å². The van der Waals surface area contributed by atoms with E-state index in [9.17, 15) is 9.90 Å². The number of nitrogens with one attached hydrogen (secondary N) is 2. The second-order valence-electron chi connectivity index (χ2n) is 4.53. The number of para-hydroxylation sites is 1. The molecule has 0 saturated heterocycles. The van der Waals surface area contributed by atoms with E-state index in [-0.39, 0.29) is 11.4 Å². The number of hydrogen-bond donors (Lipinski definition) is 3. The van der Waals surface area contributed by atoms with Gasteiger partial charge in [-0.3, -0.25) is 9.89 Å². The van der Waals surface area contributed by atoms with Crippen molar-refractivity contribution in [3.63, 3.8) is 0 Å². The molecule has 0 saturated carbocycles. The predicted octanol–water partition coefficient (Wildman–Crippen LogP) is 3.26. The molecule has 0 aliphatic rings. The van der Waals surface area contributed by atoms with Crippen molar-refractivity contribution in [2.45, 2.75) is 0 Å². The molecule has 8 heteroatoms. The third-order valence-electron chi connectivity index (χ3n) is 2.96. The lowest BCUT2D eigenvalue weighted by Gasteiger charge is -1.97. The van der Waals surface area contributed by atoms with Crippen LogP contribution in [0.15, 0.2) is 47.6 Å². The van der Waals surface area contributed by atoms with E-state index in [1.807, 2.05) is 6.07 Å². The van der Waals surface area contributed by atoms with Gasteiger partial charge in [-0.05, 0) is 30.3 Å². The van der Waals surface area contributed by atoms with E-state index in [1.165, 1.54) is 23.6 Å². The number of rotatable bonds is 4. The second-order valence-corrected chi connectivity index (χ2v) is 6.24. The van der Waals surface area contributed by atoms with Gasteiger partial charge >= 0.3 is 0 Å². The van der Waals surface area contributed by atoms with Gasteiger partial charge in [0.2, 0.25) is 0 Å². The Balaban J connectivity index is 1.67. The summed E-state index contributed by atoms with van der Waals surface area (Å²) in [6.07, 6.45) is 1.36. The zero-order valence-corrected chi connectivity index (χ0v) is 13.2. The first-order chi connectivity index (χ1) is 11.1. The Labute approximate surface area is 140 Å². The normalized spacial score (nSPS) is 11.0. The van der Waals surface area contributed by atoms with Gasteiger partial charge in [0, 0.05) is 5.56 Å². The maximum Gasteiger partial charge on any atom is 0.291 e. The zero-order valence-electron chi connectivity index (χ0n) is 11.7. The first-order valence-electron chi connectivity index (χ1n) is 6.56. The average molecular weight is 347 g/mol. The molecule has 6 nitrogen and oxygen atoms in total. The smallest absolute Gasteiger partial charge is 0.291 e. The second kappa shape index (κ2) is 6.64. The molecule has 116 valence electrons. The summed E-state index contributed by atoms with van der Waals surface area (Å²) in [5, 5.41) is 20.1. The number of phenols is 1. The summed E-state index contributed by atoms with van der Waals surface area (Å²) in [4.78, 5) is 12.9. The standard InChI is InChI=1S/C15H11ClN4O2S/c16-14-6-5-13(23-14)10-7-11(19-18-10)15(22)20-17-8-9-3-1-2-4-12(9)21/h1-8,21H,(H,18,19)(H,20,22)/b17-8-. The molecule has 0 aliphatic heterocycles. The molecule has 0 spiro atoms. The number of phenolic OH excluding ortho intramolecular Hbond substituents is 1. The van der Waals surface area contributed by atoms with Crippen molar-refractivity contribution < 1.29 is 9.90 Å². The molecule has 1 amide bonds. The van der Waals surface area contributed by atoms with Gasteiger partial charge < -0.3 is 5.11 Å². The van der Waals surface area contributed by atoms with E-state index < -0.39 is 5.91 Å². The third-order valence-corrected chi connectivity index (χ3v) is 4.22. The topological polar surface area (TPSA) is 90.4 Å². The summed E-state index contributed by atoms with van der Waals surface area (Å²) in [7, 11) is 0. The molecular formula is C15H11ClN4O2S. The molecule has 2 heterocycles. The van der Waals surface area contributed by atoms with Crippen molar-refractivity contribution in [2.75, 3.05) is 0 Å². The van der Waals surface area contributed by atoms with Crippen molar-refractivity contribution in [3.05, 3.63) is 58.1 Å². The summed E-state index contributed by atoms with van der Waals surface area (Å²) in [5.41, 5.74) is 3.78. The largest absolute Gasteiger partial charge is 0.507 e. The molecule has 3 aromatic rings. The molecule has 3 N–H and O–H groups in total. The third kappa shape index (κ3) is 3.58. The van der Waals surface area contributed by atoms with E-state index >= 15 is 0 Å². The highest BCUT2D eigenvalue weighted by molar-refractivity contribution is 7.19. The molecule has 0 unspecified atom stereocenters. The fraction of sp³-hybridized carbons (Fsp3) is 0. The number of hydrazone groups is 1. The molecule has 3 rings (SSSR count). The van der Waals surface area contributed by atoms with Gasteiger partial charge in [-0.15, -0.1) is 11.3 Å². The van der Waals surface area contributed by atoms with Crippen molar-refractivity contribution in [1.29, 1.82) is 0 Å². The lowest BCUT2D eigenvalue weighted by molar-refractivity contribution is 0.0950. The van der Waals surface area contributed by atoms with Crippen LogP contribution in [0.5, 0.6) is 5.75 Å². The highest BCUT2D eigenvalue weighted by Gasteiger charge is 2.12. The van der Waals surface area contributed by atoms with E-state index in [2.05, 4.69) is 20.7 Å². The van der Waals surface area contributed by atoms with Gasteiger partial charge in [0.15, 0.2) is 5.69 Å². The Morgan fingerprint density at radius 3 is 2.91 bits per heavy atom.